The summed E-state index contributed by atoms with van der Waals surface area (Å²) >= 11 is 1.46. The number of nitrogens with zero attached hydrogens (tertiary/aromatic N) is 2. The fourth-order valence-corrected chi connectivity index (χ4v) is 4.30. The van der Waals surface area contributed by atoms with Gasteiger partial charge in [-0.3, -0.25) is 4.79 Å². The van der Waals surface area contributed by atoms with Crippen molar-refractivity contribution in [1.29, 1.82) is 0 Å². The Labute approximate surface area is 135 Å². The fourth-order valence-electron chi connectivity index (χ4n) is 2.31. The van der Waals surface area contributed by atoms with E-state index in [-0.39, 0.29) is 10.8 Å². The molecule has 1 aromatic rings. The number of sulfonamides is 1. The third-order valence-corrected chi connectivity index (χ3v) is 6.27. The molecule has 2 rings (SSSR count). The Morgan fingerprint density at radius 1 is 1.23 bits per heavy atom. The van der Waals surface area contributed by atoms with E-state index in [4.69, 9.17) is 0 Å². The molecule has 1 aliphatic heterocycles. The molecule has 1 N–H and O–H groups in total. The van der Waals surface area contributed by atoms with E-state index in [1.807, 2.05) is 13.3 Å². The number of likely N-dealkylation sites (N-methyl/N-ethyl adjacent to an activating group) is 1. The maximum atomic E-state index is 12.7. The standard InChI is InChI=1S/C14H21N3O3S2/c1-11(18)15-13-10-12(4-5-14(13)21-3)22(19,20)17-8-6-16(2)7-9-17/h4-5,10H,6-9H2,1-3H3,(H,15,18). The number of rotatable bonds is 4. The van der Waals surface area contributed by atoms with Gasteiger partial charge in [-0.1, -0.05) is 0 Å². The van der Waals surface area contributed by atoms with Gasteiger partial charge in [0.1, 0.15) is 0 Å². The first-order valence-electron chi connectivity index (χ1n) is 6.99. The van der Waals surface area contributed by atoms with Crippen LogP contribution >= 0.6 is 11.8 Å². The summed E-state index contributed by atoms with van der Waals surface area (Å²) in [5, 5.41) is 2.70. The second kappa shape index (κ2) is 6.99. The van der Waals surface area contributed by atoms with Crippen LogP contribution in [-0.2, 0) is 14.8 Å². The Morgan fingerprint density at radius 2 is 1.86 bits per heavy atom. The van der Waals surface area contributed by atoms with Crippen molar-refractivity contribution in [3.63, 3.8) is 0 Å². The predicted molar refractivity (Wildman–Crippen MR) is 88.8 cm³/mol. The first-order valence-corrected chi connectivity index (χ1v) is 9.65. The molecule has 6 nitrogen and oxygen atoms in total. The molecule has 8 heteroatoms. The minimum Gasteiger partial charge on any atom is -0.325 e. The number of thioether (sulfide) groups is 1. The summed E-state index contributed by atoms with van der Waals surface area (Å²) in [6.07, 6.45) is 1.88. The average Bonchev–Trinajstić information content (AvgIpc) is 2.47. The van der Waals surface area contributed by atoms with E-state index in [0.29, 0.717) is 18.8 Å². The molecule has 1 heterocycles. The van der Waals surface area contributed by atoms with Crippen molar-refractivity contribution in [2.24, 2.45) is 0 Å². The Kier molecular flexibility index (Phi) is 5.49. The maximum Gasteiger partial charge on any atom is 0.243 e. The van der Waals surface area contributed by atoms with Crippen LogP contribution in [-0.4, -0.2) is 63.0 Å². The molecule has 0 saturated carbocycles. The van der Waals surface area contributed by atoms with Gasteiger partial charge in [0.15, 0.2) is 0 Å². The van der Waals surface area contributed by atoms with E-state index in [1.54, 1.807) is 18.2 Å². The second-order valence-corrected chi connectivity index (χ2v) is 8.04. The van der Waals surface area contributed by atoms with Gasteiger partial charge in [0.2, 0.25) is 15.9 Å². The summed E-state index contributed by atoms with van der Waals surface area (Å²) < 4.78 is 26.9. The van der Waals surface area contributed by atoms with Crippen molar-refractivity contribution in [3.8, 4) is 0 Å². The van der Waals surface area contributed by atoms with Gasteiger partial charge in [0.05, 0.1) is 10.6 Å². The summed E-state index contributed by atoms with van der Waals surface area (Å²) in [5.41, 5.74) is 0.537. The quantitative estimate of drug-likeness (QED) is 0.835. The zero-order valence-electron chi connectivity index (χ0n) is 13.0. The Bertz CT molecular complexity index is 653. The number of piperazine rings is 1. The zero-order valence-corrected chi connectivity index (χ0v) is 14.6. The lowest BCUT2D eigenvalue weighted by molar-refractivity contribution is -0.114. The van der Waals surface area contributed by atoms with Crippen LogP contribution in [0.3, 0.4) is 0 Å². The molecule has 1 aliphatic rings. The molecule has 0 spiro atoms. The van der Waals surface area contributed by atoms with Gasteiger partial charge >= 0.3 is 0 Å². The molecule has 1 amide bonds. The molecule has 1 aromatic carbocycles. The molecule has 1 saturated heterocycles. The molecule has 0 aliphatic carbocycles. The molecule has 0 atom stereocenters. The van der Waals surface area contributed by atoms with E-state index in [0.717, 1.165) is 18.0 Å². The molecule has 0 radical (unpaired) electrons. The summed E-state index contributed by atoms with van der Waals surface area (Å²) in [6.45, 7) is 3.82. The highest BCUT2D eigenvalue weighted by atomic mass is 32.2. The number of amides is 1. The SMILES string of the molecule is CSc1ccc(S(=O)(=O)N2CCN(C)CC2)cc1NC(C)=O. The van der Waals surface area contributed by atoms with Gasteiger partial charge in [-0.15, -0.1) is 11.8 Å². The summed E-state index contributed by atoms with van der Waals surface area (Å²) in [5.74, 6) is -0.218. The Morgan fingerprint density at radius 3 is 2.41 bits per heavy atom. The van der Waals surface area contributed by atoms with Gasteiger partial charge in [0.25, 0.3) is 0 Å². The van der Waals surface area contributed by atoms with E-state index >= 15 is 0 Å². The number of anilines is 1. The van der Waals surface area contributed by atoms with E-state index in [1.165, 1.54) is 23.0 Å². The van der Waals surface area contributed by atoms with Crippen molar-refractivity contribution in [1.82, 2.24) is 9.21 Å². The Hall–Kier alpha value is -1.09. The normalized spacial score (nSPS) is 17.4. The number of carbonyl (C=O) groups excluding carboxylic acids is 1. The van der Waals surface area contributed by atoms with Gasteiger partial charge in [-0.2, -0.15) is 4.31 Å². The predicted octanol–water partition coefficient (Wildman–Crippen LogP) is 1.30. The number of hydrogen-bond donors (Lipinski definition) is 1. The molecule has 22 heavy (non-hydrogen) atoms. The van der Waals surface area contributed by atoms with Crippen LogP contribution < -0.4 is 5.32 Å². The minimum absolute atomic E-state index is 0.218. The summed E-state index contributed by atoms with van der Waals surface area (Å²) in [7, 11) is -1.54. The summed E-state index contributed by atoms with van der Waals surface area (Å²) in [4.78, 5) is 14.5. The highest BCUT2D eigenvalue weighted by molar-refractivity contribution is 7.98. The molecule has 0 unspecified atom stereocenters. The van der Waals surface area contributed by atoms with Crippen molar-refractivity contribution < 1.29 is 13.2 Å². The lowest BCUT2D eigenvalue weighted by Crippen LogP contribution is -2.47. The number of hydrogen-bond acceptors (Lipinski definition) is 5. The topological polar surface area (TPSA) is 69.7 Å². The van der Waals surface area contributed by atoms with Gasteiger partial charge in [0, 0.05) is 38.0 Å². The van der Waals surface area contributed by atoms with E-state index < -0.39 is 10.0 Å². The van der Waals surface area contributed by atoms with Crippen molar-refractivity contribution in [3.05, 3.63) is 18.2 Å². The van der Waals surface area contributed by atoms with Crippen LogP contribution in [0.25, 0.3) is 0 Å². The van der Waals surface area contributed by atoms with Gasteiger partial charge < -0.3 is 10.2 Å². The zero-order chi connectivity index (χ0) is 16.3. The lowest BCUT2D eigenvalue weighted by Gasteiger charge is -2.31. The first kappa shape index (κ1) is 17.3. The summed E-state index contributed by atoms with van der Waals surface area (Å²) in [6, 6.07) is 4.88. The fraction of sp³-hybridized carbons (Fsp3) is 0.500. The van der Waals surface area contributed by atoms with Gasteiger partial charge in [-0.25, -0.2) is 8.42 Å². The van der Waals surface area contributed by atoms with Crippen molar-refractivity contribution in [2.45, 2.75) is 16.7 Å². The van der Waals surface area contributed by atoms with Crippen LogP contribution in [0.5, 0.6) is 0 Å². The molecule has 0 bridgehead atoms. The second-order valence-electron chi connectivity index (χ2n) is 5.25. The van der Waals surface area contributed by atoms with E-state index in [2.05, 4.69) is 10.2 Å². The van der Waals surface area contributed by atoms with E-state index in [9.17, 15) is 13.2 Å². The smallest absolute Gasteiger partial charge is 0.243 e. The molecular weight excluding hydrogens is 322 g/mol. The van der Waals surface area contributed by atoms with Crippen molar-refractivity contribution >= 4 is 33.4 Å². The van der Waals surface area contributed by atoms with Crippen LogP contribution in [0, 0.1) is 0 Å². The number of carbonyl (C=O) groups is 1. The molecule has 1 fully saturated rings. The first-order chi connectivity index (χ1) is 10.3. The third kappa shape index (κ3) is 3.81. The maximum absolute atomic E-state index is 12.7. The molecular formula is C14H21N3O3S2. The van der Waals surface area contributed by atoms with Gasteiger partial charge in [-0.05, 0) is 31.5 Å². The number of benzene rings is 1. The van der Waals surface area contributed by atoms with Crippen LogP contribution in [0.2, 0.25) is 0 Å². The molecule has 0 aromatic heterocycles. The highest BCUT2D eigenvalue weighted by Gasteiger charge is 2.28. The molecule has 122 valence electrons. The lowest BCUT2D eigenvalue weighted by atomic mass is 10.3. The minimum atomic E-state index is -3.52. The third-order valence-electron chi connectivity index (χ3n) is 3.58. The highest BCUT2D eigenvalue weighted by Crippen LogP contribution is 2.29. The Balaban J connectivity index is 2.32. The number of nitrogens with one attached hydrogen (secondary N) is 1. The van der Waals surface area contributed by atoms with Crippen LogP contribution in [0.1, 0.15) is 6.92 Å². The van der Waals surface area contributed by atoms with Crippen molar-refractivity contribution in [2.75, 3.05) is 44.8 Å². The van der Waals surface area contributed by atoms with Crippen LogP contribution in [0.4, 0.5) is 5.69 Å². The largest absolute Gasteiger partial charge is 0.325 e. The van der Waals surface area contributed by atoms with Crippen LogP contribution in [0.15, 0.2) is 28.0 Å². The average molecular weight is 343 g/mol. The monoisotopic (exact) mass is 343 g/mol.